The molecule has 0 unspecified atom stereocenters. The zero-order valence-corrected chi connectivity index (χ0v) is 12.7. The molecule has 0 heterocycles. The summed E-state index contributed by atoms with van der Waals surface area (Å²) >= 11 is 0. The molecule has 0 saturated heterocycles. The van der Waals surface area contributed by atoms with Gasteiger partial charge in [-0.2, -0.15) is 0 Å². The Morgan fingerprint density at radius 2 is 2.09 bits per heavy atom. The van der Waals surface area contributed by atoms with Gasteiger partial charge in [-0.05, 0) is 73.1 Å². The third-order valence-corrected chi connectivity index (χ3v) is 6.52. The summed E-state index contributed by atoms with van der Waals surface area (Å²) in [4.78, 5) is 12.3. The molecule has 5 atom stereocenters. The first-order chi connectivity index (χ1) is 10.4. The summed E-state index contributed by atoms with van der Waals surface area (Å²) in [5, 5.41) is 19.6. The SMILES string of the molecule is C[C@]12CC[C@@H]3c4cc(F)c(O)cc4CC[C@H]3[C@@H]1C[C@@H](O)C2=O. The van der Waals surface area contributed by atoms with Crippen molar-refractivity contribution in [3.63, 3.8) is 0 Å². The second-order valence-electron chi connectivity index (χ2n) is 7.49. The van der Waals surface area contributed by atoms with Crippen molar-refractivity contribution < 1.29 is 19.4 Å². The third-order valence-electron chi connectivity index (χ3n) is 6.52. The van der Waals surface area contributed by atoms with E-state index >= 15 is 0 Å². The van der Waals surface area contributed by atoms with Gasteiger partial charge in [-0.1, -0.05) is 6.92 Å². The minimum atomic E-state index is -0.827. The molecule has 0 bridgehead atoms. The summed E-state index contributed by atoms with van der Waals surface area (Å²) in [5.74, 6) is -0.0664. The quantitative estimate of drug-likeness (QED) is 0.775. The molecule has 0 radical (unpaired) electrons. The highest BCUT2D eigenvalue weighted by Gasteiger charge is 2.57. The van der Waals surface area contributed by atoms with E-state index in [1.165, 1.54) is 6.07 Å². The summed E-state index contributed by atoms with van der Waals surface area (Å²) in [6, 6.07) is 3.04. The number of phenols is 1. The average Bonchev–Trinajstić information content (AvgIpc) is 2.72. The second kappa shape index (κ2) is 4.54. The van der Waals surface area contributed by atoms with Crippen molar-refractivity contribution in [1.29, 1.82) is 0 Å². The number of aryl methyl sites for hydroxylation is 1. The Labute approximate surface area is 129 Å². The van der Waals surface area contributed by atoms with Crippen LogP contribution in [0.15, 0.2) is 12.1 Å². The van der Waals surface area contributed by atoms with E-state index in [4.69, 9.17) is 0 Å². The summed E-state index contributed by atoms with van der Waals surface area (Å²) in [5.41, 5.74) is 1.63. The van der Waals surface area contributed by atoms with Gasteiger partial charge in [0.2, 0.25) is 0 Å². The minimum Gasteiger partial charge on any atom is -0.505 e. The van der Waals surface area contributed by atoms with Crippen molar-refractivity contribution >= 4 is 5.78 Å². The van der Waals surface area contributed by atoms with E-state index in [1.807, 2.05) is 6.92 Å². The van der Waals surface area contributed by atoms with Crippen molar-refractivity contribution in [3.05, 3.63) is 29.1 Å². The van der Waals surface area contributed by atoms with Gasteiger partial charge in [0, 0.05) is 5.41 Å². The Balaban J connectivity index is 1.74. The largest absolute Gasteiger partial charge is 0.505 e. The predicted octanol–water partition coefficient (Wildman–Crippen LogP) is 2.93. The van der Waals surface area contributed by atoms with Crippen LogP contribution in [0.2, 0.25) is 0 Å². The molecule has 2 fully saturated rings. The molecule has 3 aliphatic carbocycles. The van der Waals surface area contributed by atoms with Crippen LogP contribution in [0, 0.1) is 23.1 Å². The third kappa shape index (κ3) is 1.73. The maximum atomic E-state index is 13.8. The topological polar surface area (TPSA) is 57.5 Å². The Hall–Kier alpha value is -1.42. The average molecular weight is 304 g/mol. The summed E-state index contributed by atoms with van der Waals surface area (Å²) in [7, 11) is 0. The van der Waals surface area contributed by atoms with Gasteiger partial charge in [0.05, 0.1) is 0 Å². The number of aromatic hydroxyl groups is 1. The fraction of sp³-hybridized carbons (Fsp3) is 0.611. The number of Topliss-reactive ketones (excluding diaryl/α,β-unsaturated/α-hetero) is 1. The Morgan fingerprint density at radius 3 is 2.86 bits per heavy atom. The van der Waals surface area contributed by atoms with Gasteiger partial charge < -0.3 is 10.2 Å². The molecule has 0 spiro atoms. The molecule has 1 aromatic carbocycles. The lowest BCUT2D eigenvalue weighted by Gasteiger charge is -2.48. The molecule has 4 rings (SSSR count). The number of hydrogen-bond acceptors (Lipinski definition) is 3. The van der Waals surface area contributed by atoms with Gasteiger partial charge in [-0.3, -0.25) is 4.79 Å². The van der Waals surface area contributed by atoms with Crippen molar-refractivity contribution in [1.82, 2.24) is 0 Å². The van der Waals surface area contributed by atoms with Crippen molar-refractivity contribution in [2.75, 3.05) is 0 Å². The molecule has 3 nitrogen and oxygen atoms in total. The van der Waals surface area contributed by atoms with Gasteiger partial charge in [-0.15, -0.1) is 0 Å². The normalized spacial score (nSPS) is 40.0. The van der Waals surface area contributed by atoms with Gasteiger partial charge in [0.15, 0.2) is 17.3 Å². The molecule has 118 valence electrons. The molecular formula is C18H21FO3. The number of aliphatic hydroxyl groups is 1. The van der Waals surface area contributed by atoms with Gasteiger partial charge >= 0.3 is 0 Å². The van der Waals surface area contributed by atoms with Crippen LogP contribution >= 0.6 is 0 Å². The number of rotatable bonds is 0. The molecular weight excluding hydrogens is 283 g/mol. The number of ketones is 1. The van der Waals surface area contributed by atoms with Gasteiger partial charge in [-0.25, -0.2) is 4.39 Å². The van der Waals surface area contributed by atoms with Crippen LogP contribution in [-0.2, 0) is 11.2 Å². The first-order valence-electron chi connectivity index (χ1n) is 8.15. The Kier molecular flexibility index (Phi) is 2.93. The molecule has 0 aromatic heterocycles. The number of hydrogen-bond donors (Lipinski definition) is 2. The lowest BCUT2D eigenvalue weighted by atomic mass is 9.55. The van der Waals surface area contributed by atoms with Gasteiger partial charge in [0.1, 0.15) is 6.10 Å². The van der Waals surface area contributed by atoms with E-state index in [-0.39, 0.29) is 23.4 Å². The summed E-state index contributed by atoms with van der Waals surface area (Å²) < 4.78 is 13.8. The smallest absolute Gasteiger partial charge is 0.167 e. The van der Waals surface area contributed by atoms with Crippen molar-refractivity contribution in [2.24, 2.45) is 17.3 Å². The van der Waals surface area contributed by atoms with Crippen LogP contribution in [0.25, 0.3) is 0 Å². The molecule has 0 amide bonds. The predicted molar refractivity (Wildman–Crippen MR) is 79.1 cm³/mol. The molecule has 2 N–H and O–H groups in total. The Morgan fingerprint density at radius 1 is 1.32 bits per heavy atom. The molecule has 1 aromatic rings. The van der Waals surface area contributed by atoms with Crippen LogP contribution in [0.4, 0.5) is 4.39 Å². The molecule has 4 heteroatoms. The van der Waals surface area contributed by atoms with Crippen LogP contribution in [0.3, 0.4) is 0 Å². The highest BCUT2D eigenvalue weighted by Crippen LogP contribution is 2.59. The maximum Gasteiger partial charge on any atom is 0.167 e. The first kappa shape index (κ1) is 14.2. The standard InChI is InChI=1S/C18H21FO3/c1-18-5-4-10-11(13(18)8-16(21)17(18)22)3-2-9-6-15(20)14(19)7-12(9)10/h6-7,10-11,13,16,20-21H,2-5,8H2,1H3/t10-,11+,13-,16+,18-/m0/s1. The highest BCUT2D eigenvalue weighted by atomic mass is 19.1. The lowest BCUT2D eigenvalue weighted by Crippen LogP contribution is -2.42. The number of benzene rings is 1. The first-order valence-corrected chi connectivity index (χ1v) is 8.15. The fourth-order valence-corrected chi connectivity index (χ4v) is 5.37. The Bertz CT molecular complexity index is 656. The van der Waals surface area contributed by atoms with Crippen molar-refractivity contribution in [2.45, 2.75) is 51.0 Å². The molecule has 3 aliphatic rings. The zero-order valence-electron chi connectivity index (χ0n) is 12.7. The number of aliphatic hydroxyl groups excluding tert-OH is 1. The molecule has 22 heavy (non-hydrogen) atoms. The van der Waals surface area contributed by atoms with E-state index in [9.17, 15) is 19.4 Å². The van der Waals surface area contributed by atoms with E-state index in [1.54, 1.807) is 6.07 Å². The number of phenolic OH excluding ortho intramolecular Hbond substituents is 1. The minimum absolute atomic E-state index is 0.00127. The van der Waals surface area contributed by atoms with Crippen molar-refractivity contribution in [3.8, 4) is 5.75 Å². The second-order valence-corrected chi connectivity index (χ2v) is 7.49. The van der Waals surface area contributed by atoms with Crippen LogP contribution in [0.1, 0.15) is 49.7 Å². The number of carbonyl (C=O) groups is 1. The maximum absolute atomic E-state index is 13.8. The monoisotopic (exact) mass is 304 g/mol. The van der Waals surface area contributed by atoms with Crippen LogP contribution in [0.5, 0.6) is 5.75 Å². The van der Waals surface area contributed by atoms with E-state index < -0.39 is 17.3 Å². The van der Waals surface area contributed by atoms with Crippen LogP contribution < -0.4 is 0 Å². The zero-order chi connectivity index (χ0) is 15.6. The van der Waals surface area contributed by atoms with E-state index in [0.717, 1.165) is 36.8 Å². The lowest BCUT2D eigenvalue weighted by molar-refractivity contribution is -0.134. The number of carbonyl (C=O) groups excluding carboxylic acids is 1. The number of fused-ring (bicyclic) bond motifs is 5. The molecule has 0 aliphatic heterocycles. The van der Waals surface area contributed by atoms with E-state index in [0.29, 0.717) is 12.3 Å². The number of halogens is 1. The summed E-state index contributed by atoms with van der Waals surface area (Å²) in [6.07, 6.45) is 3.09. The van der Waals surface area contributed by atoms with Crippen LogP contribution in [-0.4, -0.2) is 22.1 Å². The molecule has 2 saturated carbocycles. The highest BCUT2D eigenvalue weighted by molar-refractivity contribution is 5.91. The van der Waals surface area contributed by atoms with E-state index in [2.05, 4.69) is 0 Å². The fourth-order valence-electron chi connectivity index (χ4n) is 5.37. The van der Waals surface area contributed by atoms with Gasteiger partial charge in [0.25, 0.3) is 0 Å². The summed E-state index contributed by atoms with van der Waals surface area (Å²) in [6.45, 7) is 2.00.